The van der Waals surface area contributed by atoms with Gasteiger partial charge in [-0.2, -0.15) is 4.98 Å². The highest BCUT2D eigenvalue weighted by Gasteiger charge is 2.23. The molecule has 1 aromatic heterocycles. The fourth-order valence-electron chi connectivity index (χ4n) is 3.95. The first kappa shape index (κ1) is 18.7. The van der Waals surface area contributed by atoms with Gasteiger partial charge in [0, 0.05) is 51.0 Å². The molecule has 3 heterocycles. The lowest BCUT2D eigenvalue weighted by Gasteiger charge is -2.35. The van der Waals surface area contributed by atoms with Crippen molar-refractivity contribution in [3.63, 3.8) is 0 Å². The molecule has 0 atom stereocenters. The summed E-state index contributed by atoms with van der Waals surface area (Å²) in [5.74, 6) is 0.990. The normalized spacial score (nSPS) is 17.5. The number of piperazine rings is 1. The van der Waals surface area contributed by atoms with Crippen LogP contribution >= 0.6 is 0 Å². The van der Waals surface area contributed by atoms with Crippen LogP contribution in [0.5, 0.6) is 0 Å². The van der Waals surface area contributed by atoms with E-state index in [0.717, 1.165) is 69.6 Å². The topological polar surface area (TPSA) is 72.8 Å². The summed E-state index contributed by atoms with van der Waals surface area (Å²) in [5, 5.41) is 8.99. The minimum absolute atomic E-state index is 0.107. The van der Waals surface area contributed by atoms with Crippen LogP contribution in [0.15, 0.2) is 30.3 Å². The van der Waals surface area contributed by atoms with E-state index in [1.54, 1.807) is 0 Å². The number of aliphatic carboxylic acids is 1. The van der Waals surface area contributed by atoms with Gasteiger partial charge in [-0.1, -0.05) is 31.2 Å². The highest BCUT2D eigenvalue weighted by molar-refractivity contribution is 5.69. The summed E-state index contributed by atoms with van der Waals surface area (Å²) < 4.78 is 0. The second-order valence-corrected chi connectivity index (χ2v) is 7.47. The van der Waals surface area contributed by atoms with E-state index in [2.05, 4.69) is 47.1 Å². The molecule has 0 unspecified atom stereocenters. The Morgan fingerprint density at radius 1 is 1.04 bits per heavy atom. The molecule has 7 nitrogen and oxygen atoms in total. The zero-order chi connectivity index (χ0) is 19.5. The van der Waals surface area contributed by atoms with Gasteiger partial charge in [0.2, 0.25) is 5.95 Å². The van der Waals surface area contributed by atoms with Crippen LogP contribution in [0.3, 0.4) is 0 Å². The predicted molar refractivity (Wildman–Crippen MR) is 109 cm³/mol. The van der Waals surface area contributed by atoms with Crippen LogP contribution in [0.1, 0.15) is 23.7 Å². The molecule has 2 aliphatic rings. The van der Waals surface area contributed by atoms with Crippen molar-refractivity contribution < 1.29 is 9.90 Å². The zero-order valence-electron chi connectivity index (χ0n) is 16.3. The van der Waals surface area contributed by atoms with Crippen LogP contribution in [-0.4, -0.2) is 65.2 Å². The van der Waals surface area contributed by atoms with Crippen molar-refractivity contribution in [1.82, 2.24) is 14.9 Å². The van der Waals surface area contributed by atoms with E-state index in [1.807, 2.05) is 4.90 Å². The van der Waals surface area contributed by atoms with Crippen LogP contribution in [0.25, 0.3) is 0 Å². The van der Waals surface area contributed by atoms with Crippen LogP contribution in [0, 0.1) is 0 Å². The third-order valence-electron chi connectivity index (χ3n) is 5.58. The first-order valence-electron chi connectivity index (χ1n) is 10.0. The molecule has 1 N–H and O–H groups in total. The van der Waals surface area contributed by atoms with Gasteiger partial charge in [0.05, 0.1) is 6.54 Å². The SMILES string of the molecule is CCc1cc(N2CCN(CC(=O)O)CC2)nc(N2CCc3ccccc3C2)n1. The van der Waals surface area contributed by atoms with Gasteiger partial charge in [0.1, 0.15) is 5.82 Å². The van der Waals surface area contributed by atoms with Crippen LogP contribution < -0.4 is 9.80 Å². The monoisotopic (exact) mass is 381 g/mol. The number of rotatable bonds is 5. The first-order chi connectivity index (χ1) is 13.6. The fourth-order valence-corrected chi connectivity index (χ4v) is 3.95. The van der Waals surface area contributed by atoms with Crippen molar-refractivity contribution in [2.24, 2.45) is 0 Å². The van der Waals surface area contributed by atoms with E-state index in [1.165, 1.54) is 11.1 Å². The number of carboxylic acids is 1. The Morgan fingerprint density at radius 2 is 1.79 bits per heavy atom. The Balaban J connectivity index is 1.52. The Labute approximate surface area is 165 Å². The van der Waals surface area contributed by atoms with Gasteiger partial charge in [-0.15, -0.1) is 0 Å². The average Bonchev–Trinajstić information content (AvgIpc) is 2.73. The minimum Gasteiger partial charge on any atom is -0.480 e. The zero-order valence-corrected chi connectivity index (χ0v) is 16.3. The highest BCUT2D eigenvalue weighted by Crippen LogP contribution is 2.25. The molecule has 0 spiro atoms. The van der Waals surface area contributed by atoms with Gasteiger partial charge in [-0.05, 0) is 24.0 Å². The molecule has 0 saturated carbocycles. The molecular weight excluding hydrogens is 354 g/mol. The molecule has 0 bridgehead atoms. The van der Waals surface area contributed by atoms with Gasteiger partial charge < -0.3 is 14.9 Å². The number of fused-ring (bicyclic) bond motifs is 1. The van der Waals surface area contributed by atoms with Gasteiger partial charge in [0.25, 0.3) is 0 Å². The van der Waals surface area contributed by atoms with Crippen molar-refractivity contribution in [3.05, 3.63) is 47.2 Å². The van der Waals surface area contributed by atoms with E-state index in [9.17, 15) is 4.79 Å². The third-order valence-corrected chi connectivity index (χ3v) is 5.58. The molecule has 0 radical (unpaired) electrons. The standard InChI is InChI=1S/C21H27N5O2/c1-2-18-13-19(25-11-9-24(10-12-25)15-20(27)28)23-21(22-18)26-8-7-16-5-3-4-6-17(16)14-26/h3-6,13H,2,7-12,14-15H2,1H3,(H,27,28). The van der Waals surface area contributed by atoms with E-state index in [-0.39, 0.29) is 6.54 Å². The molecule has 1 aromatic carbocycles. The first-order valence-corrected chi connectivity index (χ1v) is 10.0. The Kier molecular flexibility index (Phi) is 5.43. The summed E-state index contributed by atoms with van der Waals surface area (Å²) in [6.07, 6.45) is 1.88. The number of carbonyl (C=O) groups is 1. The number of carboxylic acid groups (broad SMARTS) is 1. The number of benzene rings is 1. The van der Waals surface area contributed by atoms with Crippen molar-refractivity contribution in [2.45, 2.75) is 26.3 Å². The molecule has 0 aliphatic carbocycles. The maximum absolute atomic E-state index is 10.9. The van der Waals surface area contributed by atoms with Gasteiger partial charge >= 0.3 is 5.97 Å². The molecule has 0 amide bonds. The number of hydrogen-bond acceptors (Lipinski definition) is 6. The second-order valence-electron chi connectivity index (χ2n) is 7.47. The highest BCUT2D eigenvalue weighted by atomic mass is 16.4. The van der Waals surface area contributed by atoms with E-state index in [4.69, 9.17) is 15.1 Å². The van der Waals surface area contributed by atoms with Crippen LogP contribution in [0.4, 0.5) is 11.8 Å². The van der Waals surface area contributed by atoms with E-state index < -0.39 is 5.97 Å². The lowest BCUT2D eigenvalue weighted by Crippen LogP contribution is -2.48. The number of anilines is 2. The summed E-state index contributed by atoms with van der Waals surface area (Å²) in [5.41, 5.74) is 3.81. The largest absolute Gasteiger partial charge is 0.480 e. The fraction of sp³-hybridized carbons (Fsp3) is 0.476. The molecule has 4 rings (SSSR count). The number of aryl methyl sites for hydroxylation is 1. The van der Waals surface area contributed by atoms with E-state index >= 15 is 0 Å². The Hall–Kier alpha value is -2.67. The van der Waals surface area contributed by atoms with Crippen molar-refractivity contribution >= 4 is 17.7 Å². The molecular formula is C21H27N5O2. The third kappa shape index (κ3) is 4.09. The molecule has 1 saturated heterocycles. The van der Waals surface area contributed by atoms with E-state index in [0.29, 0.717) is 0 Å². The quantitative estimate of drug-likeness (QED) is 0.847. The molecule has 1 fully saturated rings. The second kappa shape index (κ2) is 8.14. The minimum atomic E-state index is -0.767. The Morgan fingerprint density at radius 3 is 2.50 bits per heavy atom. The summed E-state index contributed by atoms with van der Waals surface area (Å²) in [4.78, 5) is 27.1. The predicted octanol–water partition coefficient (Wildman–Crippen LogP) is 1.81. The Bertz CT molecular complexity index is 848. The maximum Gasteiger partial charge on any atom is 0.317 e. The summed E-state index contributed by atoms with van der Waals surface area (Å²) in [6.45, 7) is 7.05. The molecule has 2 aromatic rings. The lowest BCUT2D eigenvalue weighted by atomic mass is 10.0. The molecule has 7 heteroatoms. The smallest absolute Gasteiger partial charge is 0.317 e. The van der Waals surface area contributed by atoms with Gasteiger partial charge in [0.15, 0.2) is 0 Å². The van der Waals surface area contributed by atoms with Crippen molar-refractivity contribution in [3.8, 4) is 0 Å². The number of aromatic nitrogens is 2. The van der Waals surface area contributed by atoms with Crippen molar-refractivity contribution in [2.75, 3.05) is 49.1 Å². The van der Waals surface area contributed by atoms with Crippen LogP contribution in [-0.2, 0) is 24.2 Å². The average molecular weight is 381 g/mol. The van der Waals surface area contributed by atoms with Crippen molar-refractivity contribution in [1.29, 1.82) is 0 Å². The lowest BCUT2D eigenvalue weighted by molar-refractivity contribution is -0.138. The van der Waals surface area contributed by atoms with Gasteiger partial charge in [-0.3, -0.25) is 9.69 Å². The molecule has 2 aliphatic heterocycles. The molecule has 28 heavy (non-hydrogen) atoms. The van der Waals surface area contributed by atoms with Crippen LogP contribution in [0.2, 0.25) is 0 Å². The van der Waals surface area contributed by atoms with Gasteiger partial charge in [-0.25, -0.2) is 4.98 Å². The maximum atomic E-state index is 10.9. The molecule has 148 valence electrons. The summed E-state index contributed by atoms with van der Waals surface area (Å²) in [6, 6.07) is 10.7. The summed E-state index contributed by atoms with van der Waals surface area (Å²) >= 11 is 0. The number of hydrogen-bond donors (Lipinski definition) is 1. The number of nitrogens with zero attached hydrogens (tertiary/aromatic N) is 5. The summed E-state index contributed by atoms with van der Waals surface area (Å²) in [7, 11) is 0.